The van der Waals surface area contributed by atoms with Gasteiger partial charge in [0.15, 0.2) is 4.75 Å². The number of benzene rings is 1. The second-order valence-corrected chi connectivity index (χ2v) is 5.79. The van der Waals surface area contributed by atoms with Crippen LogP contribution < -0.4 is 10.2 Å². The Morgan fingerprint density at radius 3 is 2.78 bits per heavy atom. The van der Waals surface area contributed by atoms with Crippen LogP contribution in [0.15, 0.2) is 29.2 Å². The van der Waals surface area contributed by atoms with Crippen LogP contribution in [0, 0.1) is 0 Å². The molecule has 0 radical (unpaired) electrons. The summed E-state index contributed by atoms with van der Waals surface area (Å²) < 4.78 is -1.08. The minimum Gasteiger partial charge on any atom is -0.355 e. The first-order chi connectivity index (χ1) is 8.50. The van der Waals surface area contributed by atoms with E-state index in [1.807, 2.05) is 31.2 Å². The molecule has 0 fully saturated rings. The Hall–Kier alpha value is -1.49. The van der Waals surface area contributed by atoms with Crippen molar-refractivity contribution in [2.75, 3.05) is 18.5 Å². The summed E-state index contributed by atoms with van der Waals surface area (Å²) in [5.74, 6) is -0.418. The van der Waals surface area contributed by atoms with Crippen molar-refractivity contribution in [3.05, 3.63) is 24.3 Å². The Balaban J connectivity index is 2.43. The number of hydrogen-bond acceptors (Lipinski definition) is 3. The van der Waals surface area contributed by atoms with Crippen LogP contribution in [0.4, 0.5) is 5.69 Å². The highest BCUT2D eigenvalue weighted by Gasteiger charge is 2.47. The molecule has 1 atom stereocenters. The summed E-state index contributed by atoms with van der Waals surface area (Å²) in [6.45, 7) is 4.04. The molecule has 0 unspecified atom stereocenters. The van der Waals surface area contributed by atoms with Crippen LogP contribution in [-0.2, 0) is 9.59 Å². The van der Waals surface area contributed by atoms with Crippen LogP contribution in [-0.4, -0.2) is 30.2 Å². The van der Waals surface area contributed by atoms with Crippen molar-refractivity contribution in [1.82, 2.24) is 5.32 Å². The van der Waals surface area contributed by atoms with Crippen LogP contribution in [0.2, 0.25) is 0 Å². The lowest BCUT2D eigenvalue weighted by Gasteiger charge is -2.36. The van der Waals surface area contributed by atoms with E-state index in [9.17, 15) is 9.59 Å². The van der Waals surface area contributed by atoms with Crippen LogP contribution in [0.1, 0.15) is 13.8 Å². The molecule has 0 bridgehead atoms. The zero-order valence-electron chi connectivity index (χ0n) is 10.7. The minimum absolute atomic E-state index is 0.183. The Bertz CT molecular complexity index is 504. The summed E-state index contributed by atoms with van der Waals surface area (Å²) in [7, 11) is 1.71. The molecule has 1 heterocycles. The normalized spacial score (nSPS) is 22.6. The number of carbonyl (C=O) groups is 2. The highest BCUT2D eigenvalue weighted by atomic mass is 32.2. The van der Waals surface area contributed by atoms with Gasteiger partial charge in [-0.25, -0.2) is 0 Å². The van der Waals surface area contributed by atoms with Gasteiger partial charge in [-0.3, -0.25) is 9.59 Å². The van der Waals surface area contributed by atoms with Crippen molar-refractivity contribution in [2.45, 2.75) is 23.5 Å². The fourth-order valence-electron chi connectivity index (χ4n) is 1.99. The number of nitrogens with one attached hydrogen (secondary N) is 1. The number of para-hydroxylation sites is 1. The topological polar surface area (TPSA) is 49.4 Å². The first-order valence-corrected chi connectivity index (χ1v) is 6.67. The second kappa shape index (κ2) is 4.65. The second-order valence-electron chi connectivity index (χ2n) is 4.33. The first kappa shape index (κ1) is 13.0. The molecular formula is C13H16N2O2S. The zero-order valence-corrected chi connectivity index (χ0v) is 11.5. The molecule has 0 aromatic heterocycles. The van der Waals surface area contributed by atoms with E-state index in [2.05, 4.69) is 5.32 Å². The van der Waals surface area contributed by atoms with Gasteiger partial charge in [0.05, 0.1) is 5.69 Å². The van der Waals surface area contributed by atoms with E-state index < -0.39 is 4.75 Å². The van der Waals surface area contributed by atoms with Gasteiger partial charge >= 0.3 is 0 Å². The zero-order chi connectivity index (χ0) is 13.3. The molecule has 0 spiro atoms. The Morgan fingerprint density at radius 1 is 1.44 bits per heavy atom. The maximum absolute atomic E-state index is 12.4. The van der Waals surface area contributed by atoms with Gasteiger partial charge in [-0.05, 0) is 26.0 Å². The highest BCUT2D eigenvalue weighted by Crippen LogP contribution is 2.44. The van der Waals surface area contributed by atoms with Crippen LogP contribution in [0.3, 0.4) is 0 Å². The number of amides is 2. The number of fused-ring (bicyclic) bond motifs is 1. The molecule has 1 aromatic rings. The number of thioether (sulfide) groups is 1. The molecular weight excluding hydrogens is 248 g/mol. The average molecular weight is 264 g/mol. The van der Waals surface area contributed by atoms with Crippen LogP contribution in [0.5, 0.6) is 0 Å². The Morgan fingerprint density at radius 2 is 2.11 bits per heavy atom. The van der Waals surface area contributed by atoms with Crippen molar-refractivity contribution in [3.63, 3.8) is 0 Å². The van der Waals surface area contributed by atoms with Gasteiger partial charge < -0.3 is 10.2 Å². The van der Waals surface area contributed by atoms with E-state index in [0.29, 0.717) is 6.54 Å². The van der Waals surface area contributed by atoms with Gasteiger partial charge in [-0.2, -0.15) is 0 Å². The third kappa shape index (κ3) is 1.88. The molecule has 1 aliphatic rings. The number of rotatable bonds is 2. The molecule has 1 N–H and O–H groups in total. The lowest BCUT2D eigenvalue weighted by molar-refractivity contribution is -0.130. The fourth-order valence-corrected chi connectivity index (χ4v) is 3.27. The third-order valence-electron chi connectivity index (χ3n) is 3.02. The SMILES string of the molecule is CCNC(=O)[C@]1(C)Sc2ccccc2N(C)C1=O. The Labute approximate surface area is 111 Å². The van der Waals surface area contributed by atoms with E-state index in [4.69, 9.17) is 0 Å². The van der Waals surface area contributed by atoms with Crippen molar-refractivity contribution < 1.29 is 9.59 Å². The van der Waals surface area contributed by atoms with E-state index in [1.54, 1.807) is 18.9 Å². The number of hydrogen-bond donors (Lipinski definition) is 1. The minimum atomic E-state index is -1.08. The smallest absolute Gasteiger partial charge is 0.252 e. The summed E-state index contributed by atoms with van der Waals surface area (Å²) in [4.78, 5) is 27.0. The fraction of sp³-hybridized carbons (Fsp3) is 0.385. The maximum atomic E-state index is 12.4. The number of nitrogens with zero attached hydrogens (tertiary/aromatic N) is 1. The maximum Gasteiger partial charge on any atom is 0.252 e. The molecule has 0 saturated carbocycles. The predicted octanol–water partition coefficient (Wildman–Crippen LogP) is 1.65. The van der Waals surface area contributed by atoms with Crippen LogP contribution >= 0.6 is 11.8 Å². The highest BCUT2D eigenvalue weighted by molar-refractivity contribution is 8.02. The standard InChI is InChI=1S/C13H16N2O2S/c1-4-14-11(16)13(2)12(17)15(3)9-7-5-6-8-10(9)18-13/h5-8H,4H2,1-3H3,(H,14,16)/t13-/m0/s1. The molecule has 1 aliphatic heterocycles. The van der Waals surface area contributed by atoms with E-state index in [0.717, 1.165) is 10.6 Å². The molecule has 5 heteroatoms. The van der Waals surface area contributed by atoms with E-state index in [-0.39, 0.29) is 11.8 Å². The van der Waals surface area contributed by atoms with E-state index >= 15 is 0 Å². The quantitative estimate of drug-likeness (QED) is 0.826. The monoisotopic (exact) mass is 264 g/mol. The van der Waals surface area contributed by atoms with Crippen LogP contribution in [0.25, 0.3) is 0 Å². The average Bonchev–Trinajstić information content (AvgIpc) is 2.36. The molecule has 96 valence electrons. The van der Waals surface area contributed by atoms with Gasteiger partial charge in [0.2, 0.25) is 5.91 Å². The first-order valence-electron chi connectivity index (χ1n) is 5.85. The predicted molar refractivity (Wildman–Crippen MR) is 72.8 cm³/mol. The Kier molecular flexibility index (Phi) is 3.34. The molecule has 1 aromatic carbocycles. The third-order valence-corrected chi connectivity index (χ3v) is 4.36. The van der Waals surface area contributed by atoms with Gasteiger partial charge in [0.25, 0.3) is 5.91 Å². The summed E-state index contributed by atoms with van der Waals surface area (Å²) in [5, 5.41) is 2.73. The summed E-state index contributed by atoms with van der Waals surface area (Å²) >= 11 is 1.32. The number of anilines is 1. The van der Waals surface area contributed by atoms with Crippen molar-refractivity contribution in [2.24, 2.45) is 0 Å². The molecule has 4 nitrogen and oxygen atoms in total. The summed E-state index contributed by atoms with van der Waals surface area (Å²) in [5.41, 5.74) is 0.856. The van der Waals surface area contributed by atoms with Crippen molar-refractivity contribution in [1.29, 1.82) is 0 Å². The van der Waals surface area contributed by atoms with E-state index in [1.165, 1.54) is 11.8 Å². The lowest BCUT2D eigenvalue weighted by atomic mass is 10.1. The summed E-state index contributed by atoms with van der Waals surface area (Å²) in [6, 6.07) is 7.61. The molecule has 2 amide bonds. The lowest BCUT2D eigenvalue weighted by Crippen LogP contribution is -2.55. The van der Waals surface area contributed by atoms with Gasteiger partial charge in [0.1, 0.15) is 0 Å². The van der Waals surface area contributed by atoms with Crippen molar-refractivity contribution >= 4 is 29.3 Å². The van der Waals surface area contributed by atoms with Crippen molar-refractivity contribution in [3.8, 4) is 0 Å². The number of carbonyl (C=O) groups excluding carboxylic acids is 2. The van der Waals surface area contributed by atoms with Gasteiger partial charge in [0, 0.05) is 18.5 Å². The molecule has 18 heavy (non-hydrogen) atoms. The summed E-state index contributed by atoms with van der Waals surface area (Å²) in [6.07, 6.45) is 0. The van der Waals surface area contributed by atoms with Gasteiger partial charge in [-0.15, -0.1) is 0 Å². The molecule has 0 aliphatic carbocycles. The largest absolute Gasteiger partial charge is 0.355 e. The molecule has 0 saturated heterocycles. The molecule has 2 rings (SSSR count). The van der Waals surface area contributed by atoms with Gasteiger partial charge in [-0.1, -0.05) is 23.9 Å².